The van der Waals surface area contributed by atoms with Crippen LogP contribution in [0.3, 0.4) is 0 Å². The van der Waals surface area contributed by atoms with E-state index in [2.05, 4.69) is 10.5 Å². The fourth-order valence-electron chi connectivity index (χ4n) is 1.55. The van der Waals surface area contributed by atoms with Crippen LogP contribution in [0.25, 0.3) is 11.3 Å². The lowest BCUT2D eigenvalue weighted by atomic mass is 10.1. The zero-order chi connectivity index (χ0) is 11.4. The Labute approximate surface area is 94.2 Å². The Balaban J connectivity index is 2.34. The van der Waals surface area contributed by atoms with Gasteiger partial charge >= 0.3 is 0 Å². The summed E-state index contributed by atoms with van der Waals surface area (Å²) in [4.78, 5) is 0. The van der Waals surface area contributed by atoms with Gasteiger partial charge in [-0.3, -0.25) is 0 Å². The summed E-state index contributed by atoms with van der Waals surface area (Å²) in [6, 6.07) is 9.62. The molecular formula is C12H14N2O2. The molecule has 0 saturated heterocycles. The average Bonchev–Trinajstić information content (AvgIpc) is 2.78. The molecule has 0 fully saturated rings. The topological polar surface area (TPSA) is 47.3 Å². The Hall–Kier alpha value is -1.81. The van der Waals surface area contributed by atoms with Crippen LogP contribution in [0.2, 0.25) is 0 Å². The first kappa shape index (κ1) is 10.7. The van der Waals surface area contributed by atoms with Gasteiger partial charge in [0.15, 0.2) is 5.76 Å². The van der Waals surface area contributed by atoms with E-state index in [1.807, 2.05) is 37.4 Å². The highest BCUT2D eigenvalue weighted by Crippen LogP contribution is 2.29. The third-order valence-corrected chi connectivity index (χ3v) is 2.29. The molecule has 0 amide bonds. The van der Waals surface area contributed by atoms with Crippen molar-refractivity contribution in [2.75, 3.05) is 14.2 Å². The highest BCUT2D eigenvalue weighted by molar-refractivity contribution is 5.65. The molecular weight excluding hydrogens is 204 g/mol. The molecule has 0 aliphatic heterocycles. The van der Waals surface area contributed by atoms with Crippen molar-refractivity contribution in [3.8, 4) is 17.1 Å². The Bertz CT molecular complexity index is 466. The van der Waals surface area contributed by atoms with Gasteiger partial charge in [-0.15, -0.1) is 0 Å². The van der Waals surface area contributed by atoms with Gasteiger partial charge in [0, 0.05) is 12.6 Å². The maximum atomic E-state index is 5.28. The van der Waals surface area contributed by atoms with E-state index in [0.717, 1.165) is 22.8 Å². The van der Waals surface area contributed by atoms with Gasteiger partial charge in [0.2, 0.25) is 0 Å². The molecule has 1 N–H and O–H groups in total. The fraction of sp³-hybridized carbons (Fsp3) is 0.250. The summed E-state index contributed by atoms with van der Waals surface area (Å²) in [6.45, 7) is 0.693. The van der Waals surface area contributed by atoms with Crippen LogP contribution in [0.4, 0.5) is 0 Å². The van der Waals surface area contributed by atoms with E-state index < -0.39 is 0 Å². The molecule has 0 bridgehead atoms. The number of hydrogen-bond acceptors (Lipinski definition) is 4. The summed E-state index contributed by atoms with van der Waals surface area (Å²) in [5.74, 6) is 1.51. The molecule has 4 heteroatoms. The molecule has 0 saturated carbocycles. The van der Waals surface area contributed by atoms with Crippen LogP contribution in [0.15, 0.2) is 34.9 Å². The standard InChI is InChI=1S/C12H14N2O2/c1-13-8-9-7-12(16-14-9)10-5-3-4-6-11(10)15-2/h3-7,13H,8H2,1-2H3. The number of methoxy groups -OCH3 is 1. The van der Waals surface area contributed by atoms with E-state index in [4.69, 9.17) is 9.26 Å². The third-order valence-electron chi connectivity index (χ3n) is 2.29. The minimum Gasteiger partial charge on any atom is -0.496 e. The normalized spacial score (nSPS) is 10.4. The van der Waals surface area contributed by atoms with Crippen LogP contribution in [-0.2, 0) is 6.54 Å². The lowest BCUT2D eigenvalue weighted by Crippen LogP contribution is -2.04. The molecule has 0 spiro atoms. The van der Waals surface area contributed by atoms with E-state index in [1.165, 1.54) is 0 Å². The first-order valence-corrected chi connectivity index (χ1v) is 5.08. The zero-order valence-corrected chi connectivity index (χ0v) is 9.36. The summed E-state index contributed by atoms with van der Waals surface area (Å²) in [7, 11) is 3.52. The molecule has 2 aromatic rings. The monoisotopic (exact) mass is 218 g/mol. The Kier molecular flexibility index (Phi) is 3.22. The predicted molar refractivity (Wildman–Crippen MR) is 61.3 cm³/mol. The largest absolute Gasteiger partial charge is 0.496 e. The average molecular weight is 218 g/mol. The number of hydrogen-bond donors (Lipinski definition) is 1. The second kappa shape index (κ2) is 4.81. The van der Waals surface area contributed by atoms with Gasteiger partial charge in [-0.25, -0.2) is 0 Å². The minimum atomic E-state index is 0.693. The highest BCUT2D eigenvalue weighted by Gasteiger charge is 2.10. The van der Waals surface area contributed by atoms with Gasteiger partial charge in [0.25, 0.3) is 0 Å². The smallest absolute Gasteiger partial charge is 0.170 e. The first-order valence-electron chi connectivity index (χ1n) is 5.08. The van der Waals surface area contributed by atoms with Crippen molar-refractivity contribution in [3.63, 3.8) is 0 Å². The van der Waals surface area contributed by atoms with Crippen molar-refractivity contribution in [1.29, 1.82) is 0 Å². The molecule has 0 aliphatic rings. The van der Waals surface area contributed by atoms with E-state index in [0.29, 0.717) is 6.54 Å². The summed E-state index contributed by atoms with van der Waals surface area (Å²) in [6.07, 6.45) is 0. The van der Waals surface area contributed by atoms with Gasteiger partial charge in [-0.2, -0.15) is 0 Å². The highest BCUT2D eigenvalue weighted by atomic mass is 16.5. The molecule has 16 heavy (non-hydrogen) atoms. The molecule has 0 aliphatic carbocycles. The van der Waals surface area contributed by atoms with Crippen molar-refractivity contribution in [2.45, 2.75) is 6.54 Å². The molecule has 0 radical (unpaired) electrons. The quantitative estimate of drug-likeness (QED) is 0.853. The summed E-state index contributed by atoms with van der Waals surface area (Å²) in [5.41, 5.74) is 1.79. The van der Waals surface area contributed by atoms with Crippen LogP contribution in [-0.4, -0.2) is 19.3 Å². The Morgan fingerprint density at radius 3 is 2.94 bits per heavy atom. The Morgan fingerprint density at radius 2 is 2.19 bits per heavy atom. The van der Waals surface area contributed by atoms with Crippen molar-refractivity contribution >= 4 is 0 Å². The third kappa shape index (κ3) is 2.06. The van der Waals surface area contributed by atoms with Gasteiger partial charge in [-0.05, 0) is 19.2 Å². The van der Waals surface area contributed by atoms with Gasteiger partial charge in [0.05, 0.1) is 18.4 Å². The summed E-state index contributed by atoms with van der Waals surface area (Å²) >= 11 is 0. The van der Waals surface area contributed by atoms with Gasteiger partial charge < -0.3 is 14.6 Å². The van der Waals surface area contributed by atoms with E-state index in [9.17, 15) is 0 Å². The molecule has 1 heterocycles. The molecule has 2 rings (SSSR count). The SMILES string of the molecule is CNCc1cc(-c2ccccc2OC)on1. The number of benzene rings is 1. The van der Waals surface area contributed by atoms with Gasteiger partial charge in [0.1, 0.15) is 5.75 Å². The van der Waals surface area contributed by atoms with Crippen LogP contribution in [0.5, 0.6) is 5.75 Å². The molecule has 1 aromatic heterocycles. The molecule has 84 valence electrons. The number of nitrogens with one attached hydrogen (secondary N) is 1. The van der Waals surface area contributed by atoms with Crippen molar-refractivity contribution in [3.05, 3.63) is 36.0 Å². The number of para-hydroxylation sites is 1. The van der Waals surface area contributed by atoms with Crippen LogP contribution >= 0.6 is 0 Å². The van der Waals surface area contributed by atoms with E-state index in [1.54, 1.807) is 7.11 Å². The lowest BCUT2D eigenvalue weighted by Gasteiger charge is -2.03. The number of aromatic nitrogens is 1. The molecule has 0 unspecified atom stereocenters. The number of rotatable bonds is 4. The maximum absolute atomic E-state index is 5.28. The lowest BCUT2D eigenvalue weighted by molar-refractivity contribution is 0.403. The fourth-order valence-corrected chi connectivity index (χ4v) is 1.55. The minimum absolute atomic E-state index is 0.693. The van der Waals surface area contributed by atoms with Crippen LogP contribution in [0, 0.1) is 0 Å². The summed E-state index contributed by atoms with van der Waals surface area (Å²) in [5, 5.41) is 6.99. The van der Waals surface area contributed by atoms with Crippen LogP contribution in [0.1, 0.15) is 5.69 Å². The van der Waals surface area contributed by atoms with E-state index in [-0.39, 0.29) is 0 Å². The number of nitrogens with zero attached hydrogens (tertiary/aromatic N) is 1. The molecule has 0 atom stereocenters. The van der Waals surface area contributed by atoms with Gasteiger partial charge in [-0.1, -0.05) is 17.3 Å². The second-order valence-corrected chi connectivity index (χ2v) is 3.41. The molecule has 1 aromatic carbocycles. The van der Waals surface area contributed by atoms with Crippen LogP contribution < -0.4 is 10.1 Å². The maximum Gasteiger partial charge on any atom is 0.170 e. The van der Waals surface area contributed by atoms with Crippen molar-refractivity contribution in [1.82, 2.24) is 10.5 Å². The number of ether oxygens (including phenoxy) is 1. The van der Waals surface area contributed by atoms with E-state index >= 15 is 0 Å². The van der Waals surface area contributed by atoms with Crippen molar-refractivity contribution in [2.24, 2.45) is 0 Å². The predicted octanol–water partition coefficient (Wildman–Crippen LogP) is 2.07. The molecule has 4 nitrogen and oxygen atoms in total. The zero-order valence-electron chi connectivity index (χ0n) is 9.36. The second-order valence-electron chi connectivity index (χ2n) is 3.41. The summed E-state index contributed by atoms with van der Waals surface area (Å²) < 4.78 is 10.5. The first-order chi connectivity index (χ1) is 7.85. The van der Waals surface area contributed by atoms with Crippen molar-refractivity contribution < 1.29 is 9.26 Å². The Morgan fingerprint density at radius 1 is 1.38 bits per heavy atom.